The molecule has 4 rings (SSSR count). The average Bonchev–Trinajstić information content (AvgIpc) is 3.15. The quantitative estimate of drug-likeness (QED) is 0.925. The Kier molecular flexibility index (Phi) is 4.53. The predicted molar refractivity (Wildman–Crippen MR) is 103 cm³/mol. The number of anilines is 1. The molecule has 136 valence electrons. The Morgan fingerprint density at radius 2 is 1.88 bits per heavy atom. The number of benzene rings is 1. The predicted octanol–water partition coefficient (Wildman–Crippen LogP) is 2.60. The van der Waals surface area contributed by atoms with Gasteiger partial charge in [0.2, 0.25) is 5.56 Å². The molecule has 0 bridgehead atoms. The van der Waals surface area contributed by atoms with Gasteiger partial charge in [0.05, 0.1) is 0 Å². The zero-order chi connectivity index (χ0) is 18.1. The van der Waals surface area contributed by atoms with Crippen LogP contribution in [0.4, 0.5) is 5.69 Å². The summed E-state index contributed by atoms with van der Waals surface area (Å²) in [6.45, 7) is 1.71. The van der Waals surface area contributed by atoms with Gasteiger partial charge in [0.15, 0.2) is 0 Å². The van der Waals surface area contributed by atoms with Crippen LogP contribution in [0.2, 0.25) is 0 Å². The SMILES string of the molecule is CN(C(=O)c1ccc2c(c1)CCC2)C1CCN(c2cc[nH]c(=O)c2)CC1. The molecule has 1 aliphatic carbocycles. The first kappa shape index (κ1) is 16.9. The van der Waals surface area contributed by atoms with Crippen LogP contribution in [-0.2, 0) is 12.8 Å². The number of H-pyrrole nitrogens is 1. The van der Waals surface area contributed by atoms with Crippen molar-refractivity contribution in [3.05, 3.63) is 63.6 Å². The first-order chi connectivity index (χ1) is 12.6. The zero-order valence-electron chi connectivity index (χ0n) is 15.2. The van der Waals surface area contributed by atoms with E-state index in [2.05, 4.69) is 22.0 Å². The molecule has 1 aromatic heterocycles. The minimum atomic E-state index is -0.0754. The van der Waals surface area contributed by atoms with Gasteiger partial charge >= 0.3 is 0 Å². The third-order valence-electron chi connectivity index (χ3n) is 5.80. The van der Waals surface area contributed by atoms with Crippen LogP contribution in [-0.4, -0.2) is 42.0 Å². The van der Waals surface area contributed by atoms with E-state index in [0.717, 1.165) is 50.0 Å². The van der Waals surface area contributed by atoms with E-state index >= 15 is 0 Å². The Labute approximate surface area is 153 Å². The number of piperidine rings is 1. The van der Waals surface area contributed by atoms with E-state index in [4.69, 9.17) is 0 Å². The van der Waals surface area contributed by atoms with Crippen molar-refractivity contribution in [2.24, 2.45) is 0 Å². The number of nitrogens with one attached hydrogen (secondary N) is 1. The van der Waals surface area contributed by atoms with E-state index in [1.54, 1.807) is 12.3 Å². The number of fused-ring (bicyclic) bond motifs is 1. The number of aromatic nitrogens is 1. The highest BCUT2D eigenvalue weighted by molar-refractivity contribution is 5.94. The Balaban J connectivity index is 1.41. The highest BCUT2D eigenvalue weighted by Gasteiger charge is 2.26. The van der Waals surface area contributed by atoms with E-state index < -0.39 is 0 Å². The molecule has 0 saturated carbocycles. The van der Waals surface area contributed by atoms with Gasteiger partial charge < -0.3 is 14.8 Å². The molecule has 5 heteroatoms. The summed E-state index contributed by atoms with van der Waals surface area (Å²) in [4.78, 5) is 31.2. The summed E-state index contributed by atoms with van der Waals surface area (Å²) in [7, 11) is 1.92. The second kappa shape index (κ2) is 6.98. The Morgan fingerprint density at radius 1 is 1.12 bits per heavy atom. The standard InChI is InChI=1S/C21H25N3O2/c1-23(21(26)17-6-5-15-3-2-4-16(15)13-17)18-8-11-24(12-9-18)19-7-10-22-20(25)14-19/h5-7,10,13-14,18H,2-4,8-9,11-12H2,1H3,(H,22,25). The largest absolute Gasteiger partial charge is 0.371 e. The molecule has 0 radical (unpaired) electrons. The lowest BCUT2D eigenvalue weighted by atomic mass is 10.0. The molecule has 0 unspecified atom stereocenters. The van der Waals surface area contributed by atoms with Crippen molar-refractivity contribution in [2.75, 3.05) is 25.0 Å². The second-order valence-corrected chi connectivity index (χ2v) is 7.38. The summed E-state index contributed by atoms with van der Waals surface area (Å²) < 4.78 is 0. The number of pyridine rings is 1. The smallest absolute Gasteiger partial charge is 0.253 e. The van der Waals surface area contributed by atoms with Gasteiger partial charge in [-0.2, -0.15) is 0 Å². The second-order valence-electron chi connectivity index (χ2n) is 7.38. The maximum absolute atomic E-state index is 12.9. The van der Waals surface area contributed by atoms with Gasteiger partial charge in [0, 0.05) is 49.7 Å². The molecule has 1 amide bonds. The number of rotatable bonds is 3. The van der Waals surface area contributed by atoms with E-state index in [9.17, 15) is 9.59 Å². The van der Waals surface area contributed by atoms with Gasteiger partial charge in [0.25, 0.3) is 5.91 Å². The Bertz CT molecular complexity index is 866. The number of hydrogen-bond donors (Lipinski definition) is 1. The third-order valence-corrected chi connectivity index (χ3v) is 5.80. The van der Waals surface area contributed by atoms with Crippen LogP contribution in [0.15, 0.2) is 41.3 Å². The van der Waals surface area contributed by atoms with Gasteiger partial charge in [-0.15, -0.1) is 0 Å². The van der Waals surface area contributed by atoms with E-state index in [0.29, 0.717) is 0 Å². The van der Waals surface area contributed by atoms with E-state index in [1.165, 1.54) is 17.5 Å². The average molecular weight is 351 g/mol. The number of aromatic amines is 1. The number of aryl methyl sites for hydroxylation is 2. The highest BCUT2D eigenvalue weighted by Crippen LogP contribution is 2.25. The Hall–Kier alpha value is -2.56. The molecule has 1 saturated heterocycles. The van der Waals surface area contributed by atoms with Crippen molar-refractivity contribution in [2.45, 2.75) is 38.1 Å². The van der Waals surface area contributed by atoms with Gasteiger partial charge in [-0.1, -0.05) is 6.07 Å². The number of nitrogens with zero attached hydrogens (tertiary/aromatic N) is 2. The molecule has 1 aromatic carbocycles. The molecular formula is C21H25N3O2. The van der Waals surface area contributed by atoms with Crippen LogP contribution in [0.1, 0.15) is 40.7 Å². The van der Waals surface area contributed by atoms with Crippen molar-refractivity contribution < 1.29 is 4.79 Å². The maximum atomic E-state index is 12.9. The van der Waals surface area contributed by atoms with Crippen molar-refractivity contribution in [1.29, 1.82) is 0 Å². The molecule has 0 atom stereocenters. The van der Waals surface area contributed by atoms with Crippen LogP contribution in [0, 0.1) is 0 Å². The van der Waals surface area contributed by atoms with Gasteiger partial charge in [-0.3, -0.25) is 9.59 Å². The van der Waals surface area contributed by atoms with Crippen molar-refractivity contribution >= 4 is 11.6 Å². The molecule has 26 heavy (non-hydrogen) atoms. The molecule has 1 N–H and O–H groups in total. The first-order valence-corrected chi connectivity index (χ1v) is 9.44. The molecule has 1 aliphatic heterocycles. The number of hydrogen-bond acceptors (Lipinski definition) is 3. The van der Waals surface area contributed by atoms with Crippen molar-refractivity contribution in [3.63, 3.8) is 0 Å². The van der Waals surface area contributed by atoms with E-state index in [-0.39, 0.29) is 17.5 Å². The van der Waals surface area contributed by atoms with Crippen molar-refractivity contribution in [3.8, 4) is 0 Å². The van der Waals surface area contributed by atoms with Gasteiger partial charge in [-0.25, -0.2) is 0 Å². The molecule has 2 aliphatic rings. The summed E-state index contributed by atoms with van der Waals surface area (Å²) in [6, 6.07) is 10.0. The number of carbonyl (C=O) groups excluding carboxylic acids is 1. The fourth-order valence-corrected chi connectivity index (χ4v) is 4.22. The lowest BCUT2D eigenvalue weighted by molar-refractivity contribution is 0.0709. The van der Waals surface area contributed by atoms with Gasteiger partial charge in [0.1, 0.15) is 0 Å². The minimum absolute atomic E-state index is 0.0754. The molecular weight excluding hydrogens is 326 g/mol. The lowest BCUT2D eigenvalue weighted by Crippen LogP contribution is -2.45. The summed E-state index contributed by atoms with van der Waals surface area (Å²) in [5.41, 5.74) is 4.43. The maximum Gasteiger partial charge on any atom is 0.253 e. The fourth-order valence-electron chi connectivity index (χ4n) is 4.22. The molecule has 5 nitrogen and oxygen atoms in total. The topological polar surface area (TPSA) is 56.4 Å². The fraction of sp³-hybridized carbons (Fsp3) is 0.429. The van der Waals surface area contributed by atoms with Crippen LogP contribution in [0.5, 0.6) is 0 Å². The molecule has 0 spiro atoms. The lowest BCUT2D eigenvalue weighted by Gasteiger charge is -2.37. The van der Waals surface area contributed by atoms with Crippen LogP contribution < -0.4 is 10.5 Å². The van der Waals surface area contributed by atoms with Crippen LogP contribution in [0.3, 0.4) is 0 Å². The minimum Gasteiger partial charge on any atom is -0.371 e. The third kappa shape index (κ3) is 3.26. The normalized spacial score (nSPS) is 17.2. The summed E-state index contributed by atoms with van der Waals surface area (Å²) in [5.74, 6) is 0.120. The summed E-state index contributed by atoms with van der Waals surface area (Å²) >= 11 is 0. The first-order valence-electron chi connectivity index (χ1n) is 9.44. The number of carbonyl (C=O) groups is 1. The molecule has 2 heterocycles. The van der Waals surface area contributed by atoms with Crippen LogP contribution in [0.25, 0.3) is 0 Å². The number of amides is 1. The zero-order valence-corrected chi connectivity index (χ0v) is 15.2. The molecule has 1 fully saturated rings. The summed E-state index contributed by atoms with van der Waals surface area (Å²) in [6.07, 6.45) is 6.95. The summed E-state index contributed by atoms with van der Waals surface area (Å²) in [5, 5.41) is 0. The van der Waals surface area contributed by atoms with Gasteiger partial charge in [-0.05, 0) is 61.4 Å². The molecule has 2 aromatic rings. The highest BCUT2D eigenvalue weighted by atomic mass is 16.2. The Morgan fingerprint density at radius 3 is 2.65 bits per heavy atom. The van der Waals surface area contributed by atoms with E-state index in [1.807, 2.05) is 24.1 Å². The monoisotopic (exact) mass is 351 g/mol. The van der Waals surface area contributed by atoms with Crippen LogP contribution >= 0.6 is 0 Å². The van der Waals surface area contributed by atoms with Crippen molar-refractivity contribution in [1.82, 2.24) is 9.88 Å².